The van der Waals surface area contributed by atoms with Gasteiger partial charge in [-0.05, 0) is 69.0 Å². The van der Waals surface area contributed by atoms with E-state index < -0.39 is 5.60 Å². The van der Waals surface area contributed by atoms with E-state index in [4.69, 9.17) is 14.2 Å². The third-order valence-electron chi connectivity index (χ3n) is 7.09. The van der Waals surface area contributed by atoms with Crippen LogP contribution in [0.3, 0.4) is 0 Å². The second-order valence-electron chi connectivity index (χ2n) is 10.0. The second kappa shape index (κ2) is 13.0. The molecule has 0 bridgehead atoms. The van der Waals surface area contributed by atoms with Crippen LogP contribution in [0.4, 0.5) is 0 Å². The molecule has 3 aromatic rings. The van der Waals surface area contributed by atoms with Crippen LogP contribution in [0, 0.1) is 6.92 Å². The van der Waals surface area contributed by atoms with Gasteiger partial charge in [-0.25, -0.2) is 4.98 Å². The maximum absolute atomic E-state index is 11.2. The molecule has 200 valence electrons. The zero-order chi connectivity index (χ0) is 26.1. The van der Waals surface area contributed by atoms with Crippen molar-refractivity contribution in [3.63, 3.8) is 0 Å². The zero-order valence-corrected chi connectivity index (χ0v) is 22.5. The zero-order valence-electron chi connectivity index (χ0n) is 22.5. The largest absolute Gasteiger partial charge is 0.493 e. The van der Waals surface area contributed by atoms with Crippen LogP contribution in [-0.4, -0.2) is 58.6 Å². The van der Waals surface area contributed by atoms with Gasteiger partial charge >= 0.3 is 0 Å². The average molecular weight is 508 g/mol. The third kappa shape index (κ3) is 7.73. The molecule has 0 spiro atoms. The SMILES string of the molecule is CCc1nccn1CCCOc1ccc(CN2CCC[C@](O)(COc3ccc(C)cc3)CC2)cc1OC. The van der Waals surface area contributed by atoms with E-state index in [1.165, 1.54) is 11.1 Å². The lowest BCUT2D eigenvalue weighted by molar-refractivity contribution is -0.0168. The molecule has 2 aromatic carbocycles. The fourth-order valence-corrected chi connectivity index (χ4v) is 4.85. The van der Waals surface area contributed by atoms with Crippen molar-refractivity contribution in [3.05, 3.63) is 71.8 Å². The maximum Gasteiger partial charge on any atom is 0.161 e. The highest BCUT2D eigenvalue weighted by molar-refractivity contribution is 5.43. The summed E-state index contributed by atoms with van der Waals surface area (Å²) in [4.78, 5) is 6.77. The van der Waals surface area contributed by atoms with Crippen molar-refractivity contribution in [2.45, 2.75) is 64.6 Å². The lowest BCUT2D eigenvalue weighted by Crippen LogP contribution is -2.37. The molecule has 1 fully saturated rings. The minimum atomic E-state index is -0.802. The van der Waals surface area contributed by atoms with Gasteiger partial charge in [0.1, 0.15) is 18.2 Å². The highest BCUT2D eigenvalue weighted by atomic mass is 16.5. The number of methoxy groups -OCH3 is 1. The first-order valence-electron chi connectivity index (χ1n) is 13.4. The van der Waals surface area contributed by atoms with Gasteiger partial charge in [0, 0.05) is 38.4 Å². The Morgan fingerprint density at radius 1 is 1.03 bits per heavy atom. The Kier molecular flexibility index (Phi) is 9.47. The van der Waals surface area contributed by atoms with E-state index in [1.807, 2.05) is 42.7 Å². The van der Waals surface area contributed by atoms with E-state index in [-0.39, 0.29) is 0 Å². The Morgan fingerprint density at radius 2 is 1.86 bits per heavy atom. The fourth-order valence-electron chi connectivity index (χ4n) is 4.85. The van der Waals surface area contributed by atoms with Gasteiger partial charge in [0.15, 0.2) is 11.5 Å². The number of hydrogen-bond acceptors (Lipinski definition) is 6. The number of likely N-dealkylation sites (tertiary alicyclic amines) is 1. The number of aliphatic hydroxyl groups is 1. The summed E-state index contributed by atoms with van der Waals surface area (Å²) in [5, 5.41) is 11.2. The van der Waals surface area contributed by atoms with Crippen LogP contribution in [0.25, 0.3) is 0 Å². The Balaban J connectivity index is 1.25. The van der Waals surface area contributed by atoms with Crippen LogP contribution in [0.15, 0.2) is 54.9 Å². The predicted octanol–water partition coefficient (Wildman–Crippen LogP) is 5.03. The number of hydrogen-bond donors (Lipinski definition) is 1. The van der Waals surface area contributed by atoms with Gasteiger partial charge in [-0.1, -0.05) is 30.7 Å². The molecule has 0 unspecified atom stereocenters. The van der Waals surface area contributed by atoms with Gasteiger partial charge in [-0.15, -0.1) is 0 Å². The van der Waals surface area contributed by atoms with E-state index in [2.05, 4.69) is 40.4 Å². The summed E-state index contributed by atoms with van der Waals surface area (Å²) < 4.78 is 19.8. The second-order valence-corrected chi connectivity index (χ2v) is 10.0. The molecule has 2 heterocycles. The fraction of sp³-hybridized carbons (Fsp3) is 0.500. The van der Waals surface area contributed by atoms with Gasteiger partial charge in [0.25, 0.3) is 0 Å². The smallest absolute Gasteiger partial charge is 0.161 e. The summed E-state index contributed by atoms with van der Waals surface area (Å²) in [5.41, 5.74) is 1.57. The molecule has 37 heavy (non-hydrogen) atoms. The Labute approximate surface area is 221 Å². The monoisotopic (exact) mass is 507 g/mol. The molecule has 0 radical (unpaired) electrons. The summed E-state index contributed by atoms with van der Waals surface area (Å²) >= 11 is 0. The van der Waals surface area contributed by atoms with Crippen molar-refractivity contribution < 1.29 is 19.3 Å². The van der Waals surface area contributed by atoms with Crippen molar-refractivity contribution in [2.24, 2.45) is 0 Å². The van der Waals surface area contributed by atoms with Crippen LogP contribution in [0.2, 0.25) is 0 Å². The van der Waals surface area contributed by atoms with E-state index in [1.54, 1.807) is 7.11 Å². The first kappa shape index (κ1) is 27.0. The van der Waals surface area contributed by atoms with Crippen LogP contribution < -0.4 is 14.2 Å². The molecule has 1 N–H and O–H groups in total. The van der Waals surface area contributed by atoms with E-state index in [0.29, 0.717) is 19.6 Å². The van der Waals surface area contributed by atoms with Crippen molar-refractivity contribution in [2.75, 3.05) is 33.4 Å². The van der Waals surface area contributed by atoms with Crippen molar-refractivity contribution in [1.82, 2.24) is 14.5 Å². The molecule has 7 nitrogen and oxygen atoms in total. The molecule has 4 rings (SSSR count). The Morgan fingerprint density at radius 3 is 2.65 bits per heavy atom. The molecular weight excluding hydrogens is 466 g/mol. The number of ether oxygens (including phenoxy) is 3. The molecule has 1 saturated heterocycles. The molecule has 0 aliphatic carbocycles. The lowest BCUT2D eigenvalue weighted by atomic mass is 9.96. The van der Waals surface area contributed by atoms with Crippen LogP contribution in [-0.2, 0) is 19.5 Å². The molecule has 1 aromatic heterocycles. The normalized spacial score (nSPS) is 18.4. The minimum absolute atomic E-state index is 0.324. The van der Waals surface area contributed by atoms with E-state index in [0.717, 1.165) is 74.9 Å². The molecule has 1 atom stereocenters. The average Bonchev–Trinajstić information content (AvgIpc) is 3.29. The van der Waals surface area contributed by atoms with Gasteiger partial charge in [0.05, 0.1) is 19.3 Å². The van der Waals surface area contributed by atoms with Gasteiger partial charge in [-0.3, -0.25) is 4.90 Å². The topological polar surface area (TPSA) is 69.0 Å². The first-order chi connectivity index (χ1) is 18.0. The number of benzene rings is 2. The molecule has 1 aliphatic rings. The summed E-state index contributed by atoms with van der Waals surface area (Å²) in [7, 11) is 1.69. The van der Waals surface area contributed by atoms with Gasteiger partial charge in [-0.2, -0.15) is 0 Å². The number of imidazole rings is 1. The maximum atomic E-state index is 11.2. The minimum Gasteiger partial charge on any atom is -0.493 e. The van der Waals surface area contributed by atoms with Gasteiger partial charge < -0.3 is 23.9 Å². The van der Waals surface area contributed by atoms with E-state index in [9.17, 15) is 5.11 Å². The molecule has 0 saturated carbocycles. The van der Waals surface area contributed by atoms with Crippen LogP contribution >= 0.6 is 0 Å². The third-order valence-corrected chi connectivity index (χ3v) is 7.09. The summed E-state index contributed by atoms with van der Waals surface area (Å²) in [6, 6.07) is 14.2. The predicted molar refractivity (Wildman–Crippen MR) is 145 cm³/mol. The number of nitrogens with zero attached hydrogens (tertiary/aromatic N) is 3. The number of aromatic nitrogens is 2. The highest BCUT2D eigenvalue weighted by Gasteiger charge is 2.31. The standard InChI is InChI=1S/C30H41N3O4/c1-4-29-31-15-19-33(29)17-6-20-36-27-12-9-25(21-28(27)35-3)22-32-16-5-13-30(34,14-18-32)23-37-26-10-7-24(2)8-11-26/h7-12,15,19,21,34H,4-6,13-14,16-18,20,22-23H2,1-3H3/t30-/m1/s1. The molecule has 1 aliphatic heterocycles. The van der Waals surface area contributed by atoms with Gasteiger partial charge in [0.2, 0.25) is 0 Å². The van der Waals surface area contributed by atoms with Crippen LogP contribution in [0.5, 0.6) is 17.2 Å². The molecule has 7 heteroatoms. The molecule has 0 amide bonds. The lowest BCUT2D eigenvalue weighted by Gasteiger charge is -2.27. The summed E-state index contributed by atoms with van der Waals surface area (Å²) in [5.74, 6) is 3.44. The highest BCUT2D eigenvalue weighted by Crippen LogP contribution is 2.30. The Hall–Kier alpha value is -3.03. The van der Waals surface area contributed by atoms with E-state index >= 15 is 0 Å². The number of rotatable bonds is 12. The quantitative estimate of drug-likeness (QED) is 0.347. The van der Waals surface area contributed by atoms with Crippen molar-refractivity contribution >= 4 is 0 Å². The Bertz CT molecular complexity index is 1110. The summed E-state index contributed by atoms with van der Waals surface area (Å²) in [6.45, 7) is 8.58. The first-order valence-corrected chi connectivity index (χ1v) is 13.4. The van der Waals surface area contributed by atoms with Crippen LogP contribution in [0.1, 0.15) is 49.6 Å². The van der Waals surface area contributed by atoms with Crippen molar-refractivity contribution in [3.8, 4) is 17.2 Å². The molecular formula is C30H41N3O4. The number of aryl methyl sites for hydroxylation is 3. The van der Waals surface area contributed by atoms with Crippen molar-refractivity contribution in [1.29, 1.82) is 0 Å². The summed E-state index contributed by atoms with van der Waals surface area (Å²) in [6.07, 6.45) is 8.07.